The van der Waals surface area contributed by atoms with Crippen LogP contribution in [0.2, 0.25) is 10.0 Å². The molecule has 0 fully saturated rings. The molecule has 0 unspecified atom stereocenters. The van der Waals surface area contributed by atoms with Gasteiger partial charge >= 0.3 is 5.69 Å². The molecule has 0 aliphatic rings. The van der Waals surface area contributed by atoms with Crippen molar-refractivity contribution < 1.29 is 14.6 Å². The molecule has 3 heterocycles. The Balaban J connectivity index is 1.82. The van der Waals surface area contributed by atoms with Crippen molar-refractivity contribution in [2.45, 2.75) is 19.6 Å². The smallest absolute Gasteiger partial charge is 0.330 e. The van der Waals surface area contributed by atoms with Crippen molar-refractivity contribution in [3.05, 3.63) is 90.8 Å². The van der Waals surface area contributed by atoms with Gasteiger partial charge in [0.2, 0.25) is 5.88 Å². The van der Waals surface area contributed by atoms with E-state index in [1.54, 1.807) is 49.5 Å². The number of nitrogens with one attached hydrogen (secondary N) is 2. The molecule has 0 aliphatic carbocycles. The minimum atomic E-state index is -0.739. The van der Waals surface area contributed by atoms with Crippen molar-refractivity contribution in [1.29, 1.82) is 0 Å². The van der Waals surface area contributed by atoms with Gasteiger partial charge in [-0.2, -0.15) is 0 Å². The van der Waals surface area contributed by atoms with Crippen LogP contribution in [0.1, 0.15) is 22.8 Å². The molecule has 41 heavy (non-hydrogen) atoms. The Hall–Kier alpha value is -4.03. The number of hydrogen-bond acceptors (Lipinski definition) is 8. The minimum absolute atomic E-state index is 0.164. The maximum absolute atomic E-state index is 13.1. The van der Waals surface area contributed by atoms with Gasteiger partial charge in [-0.15, -0.1) is 0 Å². The molecular formula is C28H28Cl2N6O5. The summed E-state index contributed by atoms with van der Waals surface area (Å²) >= 11 is 13.8. The van der Waals surface area contributed by atoms with Crippen LogP contribution in [0.4, 0.5) is 5.69 Å². The molecule has 0 radical (unpaired) electrons. The molecule has 13 heteroatoms. The van der Waals surface area contributed by atoms with E-state index < -0.39 is 23.3 Å². The summed E-state index contributed by atoms with van der Waals surface area (Å²) in [5, 5.41) is 16.0. The van der Waals surface area contributed by atoms with Gasteiger partial charge in [0.25, 0.3) is 11.5 Å². The largest absolute Gasteiger partial charge is 0.481 e. The van der Waals surface area contributed by atoms with Crippen LogP contribution in [-0.4, -0.2) is 49.9 Å². The Morgan fingerprint density at radius 3 is 2.56 bits per heavy atom. The number of halogens is 2. The maximum Gasteiger partial charge on any atom is 0.330 e. The lowest BCUT2D eigenvalue weighted by atomic mass is 9.98. The highest BCUT2D eigenvalue weighted by Crippen LogP contribution is 2.42. The van der Waals surface area contributed by atoms with Crippen LogP contribution >= 0.6 is 23.2 Å². The van der Waals surface area contributed by atoms with Crippen molar-refractivity contribution in [2.75, 3.05) is 19.0 Å². The number of hydrogen-bond donors (Lipinski definition) is 3. The number of benzene rings is 1. The average molecular weight is 599 g/mol. The number of ether oxygens (including phenoxy) is 1. The molecule has 11 nitrogen and oxygen atoms in total. The number of amides is 1. The Morgan fingerprint density at radius 2 is 1.85 bits per heavy atom. The maximum atomic E-state index is 13.1. The number of methoxy groups -OCH3 is 1. The number of aliphatic hydroxyl groups is 1. The van der Waals surface area contributed by atoms with Crippen LogP contribution in [-0.2, 0) is 20.6 Å². The summed E-state index contributed by atoms with van der Waals surface area (Å²) in [5.41, 5.74) is 1.27. The van der Waals surface area contributed by atoms with Gasteiger partial charge in [0.05, 0.1) is 34.6 Å². The number of aromatic nitrogens is 4. The first-order valence-electron chi connectivity index (χ1n) is 12.5. The Bertz CT molecular complexity index is 1730. The number of aliphatic hydroxyl groups excluding tert-OH is 1. The fourth-order valence-corrected chi connectivity index (χ4v) is 4.81. The molecule has 214 valence electrons. The lowest BCUT2D eigenvalue weighted by Gasteiger charge is -2.18. The van der Waals surface area contributed by atoms with Crippen LogP contribution in [0.5, 0.6) is 5.88 Å². The Morgan fingerprint density at radius 1 is 1.12 bits per heavy atom. The zero-order chi connectivity index (χ0) is 29.8. The third-order valence-corrected chi connectivity index (χ3v) is 7.01. The van der Waals surface area contributed by atoms with Crippen LogP contribution in [0.15, 0.2) is 58.4 Å². The van der Waals surface area contributed by atoms with Crippen LogP contribution in [0, 0.1) is 0 Å². The molecule has 0 aliphatic heterocycles. The molecule has 4 rings (SSSR count). The molecule has 1 aromatic carbocycles. The molecule has 3 aromatic heterocycles. The topological polar surface area (TPSA) is 140 Å². The van der Waals surface area contributed by atoms with Crippen molar-refractivity contribution in [1.82, 2.24) is 24.4 Å². The minimum Gasteiger partial charge on any atom is -0.481 e. The molecule has 0 saturated carbocycles. The highest BCUT2D eigenvalue weighted by Gasteiger charge is 2.22. The average Bonchev–Trinajstić information content (AvgIpc) is 2.95. The molecule has 3 N–H and O–H groups in total. The summed E-state index contributed by atoms with van der Waals surface area (Å²) in [5.74, 6) is -0.349. The van der Waals surface area contributed by atoms with E-state index in [9.17, 15) is 19.5 Å². The standard InChI is InChI=1S/C28H28Cl2N6O5/c1-15(37)11-31-12-16-13-32-25(20-9-6-10-21(33-20)41-4)24(30)22(16)17-7-5-8-19(23(17)29)34-26(38)18-14-35(2)28(40)36(3)27(18)39/h5-10,13-15,31,37H,11-12H2,1-4H3,(H,34,38)/t15-/m1/s1. The summed E-state index contributed by atoms with van der Waals surface area (Å²) in [4.78, 5) is 46.7. The number of pyridine rings is 2. The number of carbonyl (C=O) groups excluding carboxylic acids is 1. The molecular weight excluding hydrogens is 571 g/mol. The van der Waals surface area contributed by atoms with Gasteiger partial charge in [0, 0.05) is 56.8 Å². The number of rotatable bonds is 9. The van der Waals surface area contributed by atoms with E-state index in [2.05, 4.69) is 20.6 Å². The van der Waals surface area contributed by atoms with E-state index in [4.69, 9.17) is 27.9 Å². The van der Waals surface area contributed by atoms with Gasteiger partial charge < -0.3 is 25.0 Å². The van der Waals surface area contributed by atoms with E-state index in [1.807, 2.05) is 0 Å². The molecule has 0 saturated heterocycles. The van der Waals surface area contributed by atoms with E-state index in [-0.39, 0.29) is 21.3 Å². The van der Waals surface area contributed by atoms with E-state index in [1.165, 1.54) is 27.4 Å². The summed E-state index contributed by atoms with van der Waals surface area (Å²) in [6.45, 7) is 2.30. The van der Waals surface area contributed by atoms with E-state index in [0.717, 1.165) is 9.13 Å². The second-order valence-electron chi connectivity index (χ2n) is 9.29. The van der Waals surface area contributed by atoms with Gasteiger partial charge in [0.15, 0.2) is 0 Å². The summed E-state index contributed by atoms with van der Waals surface area (Å²) in [6.07, 6.45) is 2.24. The van der Waals surface area contributed by atoms with E-state index >= 15 is 0 Å². The number of anilines is 1. The highest BCUT2D eigenvalue weighted by molar-refractivity contribution is 6.39. The van der Waals surface area contributed by atoms with Crippen molar-refractivity contribution >= 4 is 34.8 Å². The fourth-order valence-electron chi connectivity index (χ4n) is 4.18. The lowest BCUT2D eigenvalue weighted by Crippen LogP contribution is -2.40. The second-order valence-corrected chi connectivity index (χ2v) is 10.0. The van der Waals surface area contributed by atoms with Crippen molar-refractivity contribution in [3.63, 3.8) is 0 Å². The molecule has 1 amide bonds. The van der Waals surface area contributed by atoms with Gasteiger partial charge in [-0.1, -0.05) is 41.4 Å². The third kappa shape index (κ3) is 6.33. The van der Waals surface area contributed by atoms with Gasteiger partial charge in [0.1, 0.15) is 11.3 Å². The first-order chi connectivity index (χ1) is 19.5. The molecule has 0 bridgehead atoms. The Kier molecular flexibility index (Phi) is 9.24. The summed E-state index contributed by atoms with van der Waals surface area (Å²) in [7, 11) is 4.25. The fraction of sp³-hybridized carbons (Fsp3) is 0.250. The molecule has 1 atom stereocenters. The quantitative estimate of drug-likeness (QED) is 0.267. The Labute approximate surface area is 245 Å². The third-order valence-electron chi connectivity index (χ3n) is 6.24. The zero-order valence-electron chi connectivity index (χ0n) is 22.7. The first kappa shape index (κ1) is 29.9. The number of carbonyl (C=O) groups is 1. The van der Waals surface area contributed by atoms with Crippen molar-refractivity contribution in [3.8, 4) is 28.4 Å². The predicted molar refractivity (Wildman–Crippen MR) is 158 cm³/mol. The summed E-state index contributed by atoms with van der Waals surface area (Å²) in [6, 6.07) is 10.2. The SMILES string of the molecule is COc1cccc(-c2ncc(CNC[C@@H](C)O)c(-c3cccc(NC(=O)c4cn(C)c(=O)n(C)c4=O)c3Cl)c2Cl)n1. The van der Waals surface area contributed by atoms with Crippen LogP contribution in [0.3, 0.4) is 0 Å². The normalized spacial score (nSPS) is 11.8. The first-order valence-corrected chi connectivity index (χ1v) is 13.2. The lowest BCUT2D eigenvalue weighted by molar-refractivity contribution is 0.102. The molecule has 0 spiro atoms. The van der Waals surface area contributed by atoms with Gasteiger partial charge in [-0.25, -0.2) is 9.78 Å². The van der Waals surface area contributed by atoms with Crippen LogP contribution < -0.4 is 26.6 Å². The molecule has 4 aromatic rings. The van der Waals surface area contributed by atoms with Crippen molar-refractivity contribution in [2.24, 2.45) is 14.1 Å². The second kappa shape index (κ2) is 12.6. The van der Waals surface area contributed by atoms with Gasteiger partial charge in [-0.05, 0) is 24.6 Å². The zero-order valence-corrected chi connectivity index (χ0v) is 24.2. The highest BCUT2D eigenvalue weighted by atomic mass is 35.5. The van der Waals surface area contributed by atoms with Crippen LogP contribution in [0.25, 0.3) is 22.5 Å². The van der Waals surface area contributed by atoms with E-state index in [0.29, 0.717) is 47.0 Å². The summed E-state index contributed by atoms with van der Waals surface area (Å²) < 4.78 is 7.24. The monoisotopic (exact) mass is 598 g/mol. The number of aryl methyl sites for hydroxylation is 1. The number of nitrogens with zero attached hydrogens (tertiary/aromatic N) is 4. The van der Waals surface area contributed by atoms with Gasteiger partial charge in [-0.3, -0.25) is 19.1 Å². The predicted octanol–water partition coefficient (Wildman–Crippen LogP) is 3.25.